The molecule has 2 N–H and O–H groups in total. The van der Waals surface area contributed by atoms with Gasteiger partial charge in [-0.15, -0.1) is 0 Å². The lowest BCUT2D eigenvalue weighted by atomic mass is 9.51. The molecule has 45 heavy (non-hydrogen) atoms. The summed E-state index contributed by atoms with van der Waals surface area (Å²) in [5.41, 5.74) is 2.86. The first-order chi connectivity index (χ1) is 21.8. The van der Waals surface area contributed by atoms with Crippen molar-refractivity contribution in [3.8, 4) is 5.75 Å². The number of benzene rings is 3. The molecular weight excluding hydrogens is 561 g/mol. The zero-order valence-corrected chi connectivity index (χ0v) is 27.3. The number of carbonyl (C=O) groups excluding carboxylic acids is 1. The second-order valence-corrected chi connectivity index (χ2v) is 14.7. The van der Waals surface area contributed by atoms with Gasteiger partial charge < -0.3 is 15.1 Å². The van der Waals surface area contributed by atoms with E-state index in [2.05, 4.69) is 49.1 Å². The standard InChI is InChI=1S/C40H52FNO3/c1-3-4-5-9-20-42(37(45)23-27-14-15-28-11-6-7-12-29(28)22-27)21-10-8-13-30-24-31-25-32(43)16-17-33(31)39-35(41)26-40(2)34(38(30)39)18-19-36(40)44/h6-7,11-12,14-17,22,25,30,34-36,38-39,43-44H,3-5,8-10,13,18-21,23-24,26H2,1-2H3/t30-,34+,35+,36+,38+,39+,40+/m1/s1. The van der Waals surface area contributed by atoms with Gasteiger partial charge >= 0.3 is 0 Å². The van der Waals surface area contributed by atoms with Gasteiger partial charge in [0.25, 0.3) is 0 Å². The predicted octanol–water partition coefficient (Wildman–Crippen LogP) is 8.76. The van der Waals surface area contributed by atoms with Crippen molar-refractivity contribution in [2.75, 3.05) is 13.1 Å². The quantitative estimate of drug-likeness (QED) is 0.201. The van der Waals surface area contributed by atoms with Crippen LogP contribution in [-0.2, 0) is 17.6 Å². The third kappa shape index (κ3) is 6.66. The molecule has 5 heteroatoms. The molecule has 6 rings (SSSR count). The summed E-state index contributed by atoms with van der Waals surface area (Å²) in [7, 11) is 0. The zero-order chi connectivity index (χ0) is 31.6. The number of unbranched alkanes of at least 4 members (excludes halogenated alkanes) is 4. The second kappa shape index (κ2) is 13.8. The summed E-state index contributed by atoms with van der Waals surface area (Å²) in [6, 6.07) is 20.2. The van der Waals surface area contributed by atoms with Gasteiger partial charge in [-0.05, 0) is 108 Å². The SMILES string of the molecule is CCCCCCN(CCCC[C@@H]1Cc2cc(O)ccc2[C@@H]2[C@@H]1[C@@H]1CC[C@H](O)[C@@]1(C)C[C@@H]2F)C(=O)Cc1ccc2ccccc2c1. The number of rotatable bonds is 12. The highest BCUT2D eigenvalue weighted by atomic mass is 19.1. The van der Waals surface area contributed by atoms with Gasteiger partial charge in [0.15, 0.2) is 0 Å². The Labute approximate surface area is 269 Å². The molecule has 1 amide bonds. The third-order valence-corrected chi connectivity index (χ3v) is 11.8. The number of hydrogen-bond donors (Lipinski definition) is 2. The summed E-state index contributed by atoms with van der Waals surface area (Å²) >= 11 is 0. The number of aromatic hydroxyl groups is 1. The number of phenolic OH excluding ortho intramolecular Hbond substituents is 1. The lowest BCUT2D eigenvalue weighted by molar-refractivity contribution is -0.130. The van der Waals surface area contributed by atoms with Crippen molar-refractivity contribution < 1.29 is 19.4 Å². The van der Waals surface area contributed by atoms with Gasteiger partial charge in [0.2, 0.25) is 5.91 Å². The van der Waals surface area contributed by atoms with Gasteiger partial charge in [0, 0.05) is 19.0 Å². The van der Waals surface area contributed by atoms with Crippen LogP contribution >= 0.6 is 0 Å². The zero-order valence-electron chi connectivity index (χ0n) is 27.3. The minimum atomic E-state index is -0.985. The maximum atomic E-state index is 16.1. The van der Waals surface area contributed by atoms with Crippen LogP contribution in [0.15, 0.2) is 60.7 Å². The monoisotopic (exact) mass is 613 g/mol. The molecule has 3 aliphatic rings. The smallest absolute Gasteiger partial charge is 0.226 e. The fraction of sp³-hybridized carbons (Fsp3) is 0.575. The number of carbonyl (C=O) groups is 1. The van der Waals surface area contributed by atoms with Gasteiger partial charge in [-0.2, -0.15) is 0 Å². The minimum Gasteiger partial charge on any atom is -0.508 e. The van der Waals surface area contributed by atoms with E-state index in [0.717, 1.165) is 81.1 Å². The van der Waals surface area contributed by atoms with Gasteiger partial charge in [0.1, 0.15) is 11.9 Å². The largest absolute Gasteiger partial charge is 0.508 e. The van der Waals surface area contributed by atoms with Crippen molar-refractivity contribution in [3.05, 3.63) is 77.4 Å². The van der Waals surface area contributed by atoms with E-state index < -0.39 is 12.3 Å². The summed E-state index contributed by atoms with van der Waals surface area (Å²) in [6.45, 7) is 5.89. The van der Waals surface area contributed by atoms with E-state index in [1.165, 1.54) is 23.6 Å². The summed E-state index contributed by atoms with van der Waals surface area (Å²) < 4.78 is 16.1. The van der Waals surface area contributed by atoms with Crippen LogP contribution < -0.4 is 0 Å². The first-order valence-corrected chi connectivity index (χ1v) is 17.7. The van der Waals surface area contributed by atoms with Crippen LogP contribution in [0, 0.1) is 23.2 Å². The van der Waals surface area contributed by atoms with E-state index in [0.29, 0.717) is 24.7 Å². The van der Waals surface area contributed by atoms with E-state index in [4.69, 9.17) is 0 Å². The van der Waals surface area contributed by atoms with Crippen molar-refractivity contribution in [3.63, 3.8) is 0 Å². The Morgan fingerprint density at radius 2 is 1.73 bits per heavy atom. The molecule has 0 radical (unpaired) electrons. The summed E-state index contributed by atoms with van der Waals surface area (Å²) in [4.78, 5) is 15.7. The Balaban J connectivity index is 1.14. The van der Waals surface area contributed by atoms with E-state index in [9.17, 15) is 15.0 Å². The number of amides is 1. The first kappa shape index (κ1) is 32.0. The highest BCUT2D eigenvalue weighted by Gasteiger charge is 2.59. The maximum absolute atomic E-state index is 16.1. The lowest BCUT2D eigenvalue weighted by Gasteiger charge is -2.54. The van der Waals surface area contributed by atoms with Gasteiger partial charge in [-0.1, -0.05) is 88.1 Å². The van der Waals surface area contributed by atoms with Gasteiger partial charge in [0.05, 0.1) is 12.5 Å². The number of nitrogens with zero attached hydrogens (tertiary/aromatic N) is 1. The number of fused-ring (bicyclic) bond motifs is 6. The molecule has 3 aliphatic carbocycles. The van der Waals surface area contributed by atoms with Crippen LogP contribution in [0.4, 0.5) is 4.39 Å². The van der Waals surface area contributed by atoms with Crippen molar-refractivity contribution in [1.29, 1.82) is 0 Å². The van der Waals surface area contributed by atoms with Gasteiger partial charge in [-0.25, -0.2) is 4.39 Å². The van der Waals surface area contributed by atoms with Crippen molar-refractivity contribution in [2.24, 2.45) is 23.2 Å². The van der Waals surface area contributed by atoms with Crippen molar-refractivity contribution >= 4 is 16.7 Å². The predicted molar refractivity (Wildman–Crippen MR) is 180 cm³/mol. The average molecular weight is 614 g/mol. The number of hydrogen-bond acceptors (Lipinski definition) is 3. The Morgan fingerprint density at radius 1 is 0.956 bits per heavy atom. The highest BCUT2D eigenvalue weighted by Crippen LogP contribution is 2.63. The number of halogens is 1. The summed E-state index contributed by atoms with van der Waals surface area (Å²) in [6.07, 6.45) is 9.43. The number of aliphatic hydroxyl groups is 1. The summed E-state index contributed by atoms with van der Waals surface area (Å²) in [5, 5.41) is 23.6. The Kier molecular flexibility index (Phi) is 9.85. The van der Waals surface area contributed by atoms with Crippen LogP contribution in [0.5, 0.6) is 5.75 Å². The fourth-order valence-corrected chi connectivity index (χ4v) is 9.47. The van der Waals surface area contributed by atoms with Crippen LogP contribution in [0.2, 0.25) is 0 Å². The Bertz CT molecular complexity index is 1470. The van der Waals surface area contributed by atoms with Crippen molar-refractivity contribution in [1.82, 2.24) is 4.90 Å². The summed E-state index contributed by atoms with van der Waals surface area (Å²) in [5.74, 6) is 1.11. The molecule has 0 spiro atoms. The van der Waals surface area contributed by atoms with E-state index >= 15 is 4.39 Å². The third-order valence-electron chi connectivity index (χ3n) is 11.8. The molecule has 7 atom stereocenters. The second-order valence-electron chi connectivity index (χ2n) is 14.7. The van der Waals surface area contributed by atoms with Crippen LogP contribution in [0.1, 0.15) is 101 Å². The lowest BCUT2D eigenvalue weighted by Crippen LogP contribution is -2.51. The van der Waals surface area contributed by atoms with Crippen LogP contribution in [-0.4, -0.2) is 46.4 Å². The molecule has 0 saturated heterocycles. The highest BCUT2D eigenvalue weighted by molar-refractivity contribution is 5.85. The van der Waals surface area contributed by atoms with E-state index in [1.807, 2.05) is 24.3 Å². The minimum absolute atomic E-state index is 0.165. The van der Waals surface area contributed by atoms with Gasteiger partial charge in [-0.3, -0.25) is 4.79 Å². The molecule has 3 aromatic rings. The molecule has 0 aliphatic heterocycles. The first-order valence-electron chi connectivity index (χ1n) is 17.7. The topological polar surface area (TPSA) is 60.8 Å². The Hall–Kier alpha value is -2.92. The fourth-order valence-electron chi connectivity index (χ4n) is 9.47. The molecule has 2 saturated carbocycles. The Morgan fingerprint density at radius 3 is 2.53 bits per heavy atom. The molecule has 242 valence electrons. The van der Waals surface area contributed by atoms with Crippen LogP contribution in [0.3, 0.4) is 0 Å². The maximum Gasteiger partial charge on any atom is 0.226 e. The average Bonchev–Trinajstić information content (AvgIpc) is 3.32. The molecule has 0 bridgehead atoms. The molecule has 3 aromatic carbocycles. The van der Waals surface area contributed by atoms with E-state index in [1.54, 1.807) is 6.07 Å². The van der Waals surface area contributed by atoms with Crippen molar-refractivity contribution in [2.45, 2.75) is 109 Å². The van der Waals surface area contributed by atoms with E-state index in [-0.39, 0.29) is 28.9 Å². The number of alkyl halides is 1. The molecule has 0 heterocycles. The normalized spacial score (nSPS) is 28.8. The molecule has 0 aromatic heterocycles. The van der Waals surface area contributed by atoms with Crippen LogP contribution in [0.25, 0.3) is 10.8 Å². The number of phenols is 1. The molecule has 2 fully saturated rings. The molecular formula is C40H52FNO3. The number of aliphatic hydroxyl groups excluding tert-OH is 1. The molecule has 4 nitrogen and oxygen atoms in total. The molecule has 0 unspecified atom stereocenters.